The molecule has 4 nitrogen and oxygen atoms in total. The van der Waals surface area contributed by atoms with Crippen LogP contribution in [0.1, 0.15) is 11.1 Å². The molecule has 3 aromatic heterocycles. The molecule has 0 radical (unpaired) electrons. The molecular weight excluding hydrogens is 394 g/mol. The fraction of sp³-hybridized carbons (Fsp3) is 0.0357. The van der Waals surface area contributed by atoms with E-state index in [4.69, 9.17) is 9.72 Å². The van der Waals surface area contributed by atoms with Crippen LogP contribution in [0.5, 0.6) is 11.5 Å². The van der Waals surface area contributed by atoms with Gasteiger partial charge < -0.3 is 4.74 Å². The van der Waals surface area contributed by atoms with Gasteiger partial charge in [0.2, 0.25) is 11.2 Å². The molecule has 0 N–H and O–H groups in total. The van der Waals surface area contributed by atoms with Crippen LogP contribution < -0.4 is 13.9 Å². The summed E-state index contributed by atoms with van der Waals surface area (Å²) in [5.41, 5.74) is 6.65. The first-order valence-electron chi connectivity index (χ1n) is 10.9. The Hall–Kier alpha value is -4.31. The van der Waals surface area contributed by atoms with Gasteiger partial charge in [-0.3, -0.25) is 4.98 Å². The maximum atomic E-state index is 6.58. The van der Waals surface area contributed by atoms with Gasteiger partial charge in [-0.15, -0.1) is 9.13 Å². The van der Waals surface area contributed by atoms with Crippen LogP contribution in [-0.2, 0) is 5.66 Å². The van der Waals surface area contributed by atoms with Crippen molar-refractivity contribution in [2.45, 2.75) is 5.66 Å². The van der Waals surface area contributed by atoms with Crippen molar-refractivity contribution in [1.29, 1.82) is 0 Å². The van der Waals surface area contributed by atoms with Crippen LogP contribution in [0, 0.1) is 0 Å². The molecule has 4 heteroatoms. The molecule has 0 bridgehead atoms. The number of pyridine rings is 3. The maximum absolute atomic E-state index is 6.58. The predicted molar refractivity (Wildman–Crippen MR) is 121 cm³/mol. The second-order valence-electron chi connectivity index (χ2n) is 8.81. The molecule has 0 saturated carbocycles. The van der Waals surface area contributed by atoms with Crippen LogP contribution >= 0.6 is 0 Å². The molecule has 0 saturated heterocycles. The van der Waals surface area contributed by atoms with E-state index >= 15 is 0 Å². The third kappa shape index (κ3) is 1.38. The van der Waals surface area contributed by atoms with E-state index in [0.29, 0.717) is 0 Å². The smallest absolute Gasteiger partial charge is 0.425 e. The van der Waals surface area contributed by atoms with Gasteiger partial charge in [-0.2, -0.15) is 0 Å². The van der Waals surface area contributed by atoms with Crippen molar-refractivity contribution in [2.24, 2.45) is 0 Å². The van der Waals surface area contributed by atoms with Gasteiger partial charge in [0, 0.05) is 35.2 Å². The van der Waals surface area contributed by atoms with Gasteiger partial charge in [0.05, 0.1) is 21.9 Å². The maximum Gasteiger partial charge on any atom is 0.425 e. The van der Waals surface area contributed by atoms with Crippen molar-refractivity contribution in [3.63, 3.8) is 0 Å². The molecule has 6 heterocycles. The highest BCUT2D eigenvalue weighted by Crippen LogP contribution is 2.57. The lowest BCUT2D eigenvalue weighted by molar-refractivity contribution is -0.950. The molecule has 0 amide bonds. The van der Waals surface area contributed by atoms with Gasteiger partial charge in [0.25, 0.3) is 0 Å². The van der Waals surface area contributed by atoms with Crippen LogP contribution in [0.25, 0.3) is 43.8 Å². The summed E-state index contributed by atoms with van der Waals surface area (Å²) < 4.78 is 11.5. The molecule has 146 valence electrons. The summed E-state index contributed by atoms with van der Waals surface area (Å²) in [4.78, 5) is 4.82. The SMILES string of the molecule is c1cc2c3c(c1)-c1cccc[n+]1C31c3c(ccc4c5ncccc5c5ccc[n+]1c5c34)O2. The molecule has 1 spiro atoms. The first-order valence-corrected chi connectivity index (χ1v) is 10.9. The van der Waals surface area contributed by atoms with Crippen molar-refractivity contribution < 1.29 is 13.9 Å². The number of aromatic nitrogens is 3. The Balaban J connectivity index is 1.66. The topological polar surface area (TPSA) is 29.9 Å². The number of hydrogen-bond acceptors (Lipinski definition) is 2. The molecule has 3 aliphatic rings. The summed E-state index contributed by atoms with van der Waals surface area (Å²) in [6.07, 6.45) is 6.33. The molecule has 9 rings (SSSR count). The first kappa shape index (κ1) is 15.5. The Kier molecular flexibility index (Phi) is 2.31. The zero-order chi connectivity index (χ0) is 20.6. The summed E-state index contributed by atoms with van der Waals surface area (Å²) in [5.74, 6) is 1.85. The molecule has 32 heavy (non-hydrogen) atoms. The number of benzene rings is 3. The third-order valence-electron chi connectivity index (χ3n) is 7.53. The highest BCUT2D eigenvalue weighted by molar-refractivity contribution is 6.24. The van der Waals surface area contributed by atoms with E-state index in [1.165, 1.54) is 49.4 Å². The zero-order valence-electron chi connectivity index (χ0n) is 16.9. The van der Waals surface area contributed by atoms with Gasteiger partial charge in [-0.25, -0.2) is 0 Å². The fourth-order valence-electron chi connectivity index (χ4n) is 6.52. The summed E-state index contributed by atoms with van der Waals surface area (Å²) in [6, 6.07) is 25.8. The summed E-state index contributed by atoms with van der Waals surface area (Å²) in [5, 5.41) is 4.83. The Morgan fingerprint density at radius 2 is 1.59 bits per heavy atom. The van der Waals surface area contributed by atoms with Crippen LogP contribution in [0.2, 0.25) is 0 Å². The van der Waals surface area contributed by atoms with Crippen molar-refractivity contribution in [1.82, 2.24) is 4.98 Å². The summed E-state index contributed by atoms with van der Waals surface area (Å²) >= 11 is 0. The monoisotopic (exact) mass is 409 g/mol. The second-order valence-corrected chi connectivity index (χ2v) is 8.81. The van der Waals surface area contributed by atoms with Crippen molar-refractivity contribution in [3.05, 3.63) is 103 Å². The normalized spacial score (nSPS) is 18.4. The van der Waals surface area contributed by atoms with E-state index in [9.17, 15) is 0 Å². The largest absolute Gasteiger partial charge is 0.456 e. The summed E-state index contributed by atoms with van der Waals surface area (Å²) in [7, 11) is 0. The number of fused-ring (bicyclic) bond motifs is 5. The van der Waals surface area contributed by atoms with Crippen LogP contribution in [0.4, 0.5) is 0 Å². The second kappa shape index (κ2) is 4.78. The molecule has 1 unspecified atom stereocenters. The Labute approximate surface area is 182 Å². The average Bonchev–Trinajstić information content (AvgIpc) is 3.34. The van der Waals surface area contributed by atoms with E-state index in [0.717, 1.165) is 17.0 Å². The number of hydrogen-bond donors (Lipinski definition) is 0. The van der Waals surface area contributed by atoms with Crippen LogP contribution in [-0.4, -0.2) is 4.98 Å². The number of rotatable bonds is 0. The van der Waals surface area contributed by atoms with E-state index in [2.05, 4.69) is 88.3 Å². The van der Waals surface area contributed by atoms with Gasteiger partial charge in [0.1, 0.15) is 11.5 Å². The molecule has 6 aromatic rings. The minimum absolute atomic E-state index is 0.505. The standard InChI is InChI=1S/C28H15N3O/c1-2-14-30-20(9-1)18-6-3-10-21-24(18)28(30)25-22(32-21)12-11-19-23(25)27-17(8-5-15-31(27)28)16-7-4-13-29-26(16)19/h1-15H/q+2. The molecule has 3 aliphatic heterocycles. The van der Waals surface area contributed by atoms with Crippen molar-refractivity contribution >= 4 is 32.6 Å². The Morgan fingerprint density at radius 1 is 0.688 bits per heavy atom. The van der Waals surface area contributed by atoms with Crippen molar-refractivity contribution in [2.75, 3.05) is 0 Å². The van der Waals surface area contributed by atoms with Gasteiger partial charge >= 0.3 is 5.66 Å². The van der Waals surface area contributed by atoms with E-state index in [1.54, 1.807) is 0 Å². The lowest BCUT2D eigenvalue weighted by Crippen LogP contribution is -2.71. The van der Waals surface area contributed by atoms with Gasteiger partial charge in [-0.05, 0) is 42.5 Å². The molecule has 3 aromatic carbocycles. The van der Waals surface area contributed by atoms with Gasteiger partial charge in [0.15, 0.2) is 23.5 Å². The first-order chi connectivity index (χ1) is 15.9. The Bertz CT molecular complexity index is 1870. The van der Waals surface area contributed by atoms with E-state index in [1.807, 2.05) is 12.3 Å². The molecule has 1 atom stereocenters. The average molecular weight is 409 g/mol. The number of ether oxygens (including phenoxy) is 1. The van der Waals surface area contributed by atoms with Crippen LogP contribution in [0.15, 0.2) is 91.4 Å². The predicted octanol–water partition coefficient (Wildman–Crippen LogP) is 4.81. The lowest BCUT2D eigenvalue weighted by atomic mass is 9.86. The minimum atomic E-state index is -0.505. The van der Waals surface area contributed by atoms with Crippen LogP contribution in [0.3, 0.4) is 0 Å². The molecule has 0 aliphatic carbocycles. The zero-order valence-corrected chi connectivity index (χ0v) is 16.9. The highest BCUT2D eigenvalue weighted by Gasteiger charge is 2.70. The third-order valence-corrected chi connectivity index (χ3v) is 7.53. The molecular formula is C28H15N3O+2. The molecule has 0 fully saturated rings. The number of nitrogens with zero attached hydrogens (tertiary/aromatic N) is 3. The van der Waals surface area contributed by atoms with Gasteiger partial charge in [-0.1, -0.05) is 12.1 Å². The fourth-order valence-corrected chi connectivity index (χ4v) is 6.52. The quantitative estimate of drug-likeness (QED) is 0.266. The lowest BCUT2D eigenvalue weighted by Gasteiger charge is -2.25. The Morgan fingerprint density at radius 3 is 2.59 bits per heavy atom. The van der Waals surface area contributed by atoms with E-state index in [-0.39, 0.29) is 0 Å². The highest BCUT2D eigenvalue weighted by atomic mass is 16.5. The van der Waals surface area contributed by atoms with Crippen molar-refractivity contribution in [3.8, 4) is 22.8 Å². The summed E-state index contributed by atoms with van der Waals surface area (Å²) in [6.45, 7) is 0. The minimum Gasteiger partial charge on any atom is -0.456 e. The van der Waals surface area contributed by atoms with E-state index < -0.39 is 5.66 Å².